The number of nitrogens with zero attached hydrogens (tertiary/aromatic N) is 2. The maximum absolute atomic E-state index is 11.0. The summed E-state index contributed by atoms with van der Waals surface area (Å²) in [6.45, 7) is 15.1. The molecule has 3 nitrogen and oxygen atoms in total. The highest BCUT2D eigenvalue weighted by atomic mass is 16.3. The lowest BCUT2D eigenvalue weighted by Gasteiger charge is -2.36. The van der Waals surface area contributed by atoms with Crippen LogP contribution in [-0.4, -0.2) is 21.5 Å². The Morgan fingerprint density at radius 2 is 1.68 bits per heavy atom. The topological polar surface area (TPSA) is 36.4 Å². The van der Waals surface area contributed by atoms with Gasteiger partial charge in [0.25, 0.3) is 0 Å². The molecule has 1 aliphatic heterocycles. The van der Waals surface area contributed by atoms with E-state index in [-0.39, 0.29) is 10.8 Å². The van der Waals surface area contributed by atoms with Gasteiger partial charge in [0.1, 0.15) is 5.75 Å². The van der Waals surface area contributed by atoms with Crippen LogP contribution in [0.3, 0.4) is 0 Å². The zero-order valence-electron chi connectivity index (χ0n) is 18.4. The van der Waals surface area contributed by atoms with Gasteiger partial charge in [0.05, 0.1) is 0 Å². The number of phenols is 1. The van der Waals surface area contributed by atoms with E-state index < -0.39 is 0 Å². The lowest BCUT2D eigenvalue weighted by atomic mass is 9.78. The molecule has 1 atom stereocenters. The molecule has 3 heteroatoms. The van der Waals surface area contributed by atoms with E-state index in [0.29, 0.717) is 11.8 Å². The van der Waals surface area contributed by atoms with Crippen LogP contribution in [0.15, 0.2) is 36.7 Å². The van der Waals surface area contributed by atoms with Gasteiger partial charge in [-0.1, -0.05) is 66.2 Å². The van der Waals surface area contributed by atoms with Crippen molar-refractivity contribution < 1.29 is 5.11 Å². The smallest absolute Gasteiger partial charge is 0.123 e. The molecular weight excluding hydrogens is 344 g/mol. The van der Waals surface area contributed by atoms with Gasteiger partial charge in [-0.05, 0) is 58.5 Å². The molecule has 0 bridgehead atoms. The molecule has 0 radical (unpaired) electrons. The number of hydrogen-bond acceptors (Lipinski definition) is 3. The van der Waals surface area contributed by atoms with Crippen LogP contribution in [0.25, 0.3) is 0 Å². The maximum Gasteiger partial charge on any atom is 0.123 e. The number of benzene rings is 1. The van der Waals surface area contributed by atoms with E-state index in [9.17, 15) is 5.11 Å². The van der Waals surface area contributed by atoms with Crippen LogP contribution in [0.1, 0.15) is 89.1 Å². The fourth-order valence-corrected chi connectivity index (χ4v) is 4.29. The van der Waals surface area contributed by atoms with Crippen LogP contribution >= 0.6 is 0 Å². The Morgan fingerprint density at radius 1 is 1.04 bits per heavy atom. The Hall–Kier alpha value is -1.87. The van der Waals surface area contributed by atoms with E-state index >= 15 is 0 Å². The van der Waals surface area contributed by atoms with Gasteiger partial charge in [-0.2, -0.15) is 0 Å². The highest BCUT2D eigenvalue weighted by Crippen LogP contribution is 2.41. The first-order valence-electron chi connectivity index (χ1n) is 10.6. The standard InChI is InChI=1S/C25H36N2O/c1-24(2,3)20-14-18(15-21(23(20)28)25(4,5)6)17-27-13-8-7-11-22(27)19-10-9-12-26-16-19/h9-10,12,14-16,22,28H,7-8,11,13,17H2,1-6H3/t22-/m1/s1. The molecule has 1 aliphatic rings. The minimum absolute atomic E-state index is 0.0925. The van der Waals surface area contributed by atoms with Gasteiger partial charge in [-0.3, -0.25) is 9.88 Å². The first kappa shape index (κ1) is 20.9. The highest BCUT2D eigenvalue weighted by molar-refractivity contribution is 5.50. The molecular formula is C25H36N2O. The van der Waals surface area contributed by atoms with Crippen molar-refractivity contribution in [1.82, 2.24) is 9.88 Å². The summed E-state index contributed by atoms with van der Waals surface area (Å²) in [5.41, 5.74) is 4.52. The summed E-state index contributed by atoms with van der Waals surface area (Å²) in [7, 11) is 0. The molecule has 152 valence electrons. The Kier molecular flexibility index (Phi) is 5.86. The average molecular weight is 381 g/mol. The molecule has 28 heavy (non-hydrogen) atoms. The van der Waals surface area contributed by atoms with Crippen molar-refractivity contribution in [3.63, 3.8) is 0 Å². The van der Waals surface area contributed by atoms with Crippen LogP contribution in [0.2, 0.25) is 0 Å². The summed E-state index contributed by atoms with van der Waals surface area (Å²) in [4.78, 5) is 6.94. The molecule has 1 aromatic carbocycles. The number of piperidine rings is 1. The largest absolute Gasteiger partial charge is 0.507 e. The third-order valence-electron chi connectivity index (χ3n) is 5.85. The molecule has 1 aromatic heterocycles. The molecule has 1 N–H and O–H groups in total. The summed E-state index contributed by atoms with van der Waals surface area (Å²) >= 11 is 0. The summed E-state index contributed by atoms with van der Waals surface area (Å²) in [6, 6.07) is 9.11. The van der Waals surface area contributed by atoms with Crippen molar-refractivity contribution in [2.24, 2.45) is 0 Å². The van der Waals surface area contributed by atoms with Crippen LogP contribution in [0.5, 0.6) is 5.75 Å². The number of pyridine rings is 1. The Bertz CT molecular complexity index is 765. The van der Waals surface area contributed by atoms with Gasteiger partial charge < -0.3 is 5.11 Å². The van der Waals surface area contributed by atoms with Crippen molar-refractivity contribution in [3.8, 4) is 5.75 Å². The summed E-state index contributed by atoms with van der Waals surface area (Å²) in [5.74, 6) is 0.464. The van der Waals surface area contributed by atoms with Gasteiger partial charge in [-0.25, -0.2) is 0 Å². The van der Waals surface area contributed by atoms with Gasteiger partial charge >= 0.3 is 0 Å². The second-order valence-corrected chi connectivity index (χ2v) is 10.3. The molecule has 2 heterocycles. The summed E-state index contributed by atoms with van der Waals surface area (Å²) in [6.07, 6.45) is 7.56. The van der Waals surface area contributed by atoms with Gasteiger partial charge in [0, 0.05) is 25.0 Å². The van der Waals surface area contributed by atoms with Gasteiger partial charge in [0.2, 0.25) is 0 Å². The number of aromatic hydroxyl groups is 1. The zero-order valence-corrected chi connectivity index (χ0v) is 18.4. The molecule has 0 saturated carbocycles. The molecule has 1 fully saturated rings. The quantitative estimate of drug-likeness (QED) is 0.698. The lowest BCUT2D eigenvalue weighted by Crippen LogP contribution is -2.33. The van der Waals surface area contributed by atoms with Crippen molar-refractivity contribution in [2.75, 3.05) is 6.54 Å². The normalized spacial score (nSPS) is 19.0. The average Bonchev–Trinajstić information content (AvgIpc) is 2.62. The second kappa shape index (κ2) is 7.87. The predicted molar refractivity (Wildman–Crippen MR) is 117 cm³/mol. The Balaban J connectivity index is 1.98. The predicted octanol–water partition coefficient (Wildman–Crippen LogP) is 6.11. The highest BCUT2D eigenvalue weighted by Gasteiger charge is 2.29. The van der Waals surface area contributed by atoms with Crippen molar-refractivity contribution in [2.45, 2.75) is 84.2 Å². The maximum atomic E-state index is 11.0. The molecule has 0 spiro atoms. The third-order valence-corrected chi connectivity index (χ3v) is 5.85. The van der Waals surface area contributed by atoms with E-state index in [0.717, 1.165) is 24.2 Å². The number of hydrogen-bond donors (Lipinski definition) is 1. The SMILES string of the molecule is CC(C)(C)c1cc(CN2CCCC[C@@H]2c2cccnc2)cc(C(C)(C)C)c1O. The lowest BCUT2D eigenvalue weighted by molar-refractivity contribution is 0.140. The minimum atomic E-state index is -0.0925. The number of aromatic nitrogens is 1. The van der Waals surface area contributed by atoms with E-state index in [1.165, 1.54) is 30.4 Å². The van der Waals surface area contributed by atoms with Crippen LogP contribution in [0, 0.1) is 0 Å². The first-order chi connectivity index (χ1) is 13.1. The Labute approximate surface area is 170 Å². The first-order valence-corrected chi connectivity index (χ1v) is 10.6. The van der Waals surface area contributed by atoms with Crippen molar-refractivity contribution >= 4 is 0 Å². The van der Waals surface area contributed by atoms with E-state index in [1.807, 2.05) is 18.5 Å². The second-order valence-electron chi connectivity index (χ2n) is 10.3. The third kappa shape index (κ3) is 4.57. The van der Waals surface area contributed by atoms with Crippen LogP contribution < -0.4 is 0 Å². The van der Waals surface area contributed by atoms with Gasteiger partial charge in [-0.15, -0.1) is 0 Å². The number of phenolic OH excluding ortho intramolecular Hbond substituents is 1. The van der Waals surface area contributed by atoms with Crippen LogP contribution in [0.4, 0.5) is 0 Å². The molecule has 3 rings (SSSR count). The molecule has 2 aromatic rings. The fraction of sp³-hybridized carbons (Fsp3) is 0.560. The minimum Gasteiger partial charge on any atom is -0.507 e. The van der Waals surface area contributed by atoms with E-state index in [4.69, 9.17) is 0 Å². The summed E-state index contributed by atoms with van der Waals surface area (Å²) in [5, 5.41) is 11.0. The number of rotatable bonds is 3. The molecule has 0 amide bonds. The van der Waals surface area contributed by atoms with E-state index in [1.54, 1.807) is 0 Å². The molecule has 1 saturated heterocycles. The molecule has 0 unspecified atom stereocenters. The monoisotopic (exact) mass is 380 g/mol. The van der Waals surface area contributed by atoms with Crippen molar-refractivity contribution in [1.29, 1.82) is 0 Å². The van der Waals surface area contributed by atoms with Crippen LogP contribution in [-0.2, 0) is 17.4 Å². The zero-order chi connectivity index (χ0) is 20.5. The van der Waals surface area contributed by atoms with Gasteiger partial charge in [0.15, 0.2) is 0 Å². The van der Waals surface area contributed by atoms with E-state index in [2.05, 4.69) is 69.6 Å². The Morgan fingerprint density at radius 3 is 2.21 bits per heavy atom. The molecule has 0 aliphatic carbocycles. The fourth-order valence-electron chi connectivity index (χ4n) is 4.29. The summed E-state index contributed by atoms with van der Waals surface area (Å²) < 4.78 is 0. The number of likely N-dealkylation sites (tertiary alicyclic amines) is 1. The van der Waals surface area contributed by atoms with Crippen molar-refractivity contribution in [3.05, 3.63) is 58.9 Å².